The first-order valence-corrected chi connectivity index (χ1v) is 8.54. The second-order valence-corrected chi connectivity index (χ2v) is 7.00. The van der Waals surface area contributed by atoms with E-state index in [4.69, 9.17) is 0 Å². The van der Waals surface area contributed by atoms with E-state index in [2.05, 4.69) is 4.98 Å². The van der Waals surface area contributed by atoms with Gasteiger partial charge < -0.3 is 9.80 Å². The van der Waals surface area contributed by atoms with Crippen LogP contribution in [0.5, 0.6) is 0 Å². The molecule has 1 aliphatic heterocycles. The van der Waals surface area contributed by atoms with E-state index in [9.17, 15) is 14.0 Å². The third kappa shape index (κ3) is 3.46. The largest absolute Gasteiger partial charge is 0.340 e. The molecule has 2 amide bonds. The number of aryl methyl sites for hydroxylation is 1. The van der Waals surface area contributed by atoms with Crippen LogP contribution in [0, 0.1) is 18.7 Å². The number of hydrogen-bond donors (Lipinski definition) is 0. The van der Waals surface area contributed by atoms with Crippen molar-refractivity contribution in [2.45, 2.75) is 19.9 Å². The van der Waals surface area contributed by atoms with E-state index in [1.54, 1.807) is 40.3 Å². The van der Waals surface area contributed by atoms with E-state index in [1.165, 1.54) is 12.1 Å². The van der Waals surface area contributed by atoms with Crippen LogP contribution < -0.4 is 4.90 Å². The van der Waals surface area contributed by atoms with Crippen molar-refractivity contribution in [3.63, 3.8) is 0 Å². The first-order chi connectivity index (χ1) is 11.4. The summed E-state index contributed by atoms with van der Waals surface area (Å²) >= 11 is 1.55. The van der Waals surface area contributed by atoms with Gasteiger partial charge in [-0.15, -0.1) is 11.3 Å². The third-order valence-electron chi connectivity index (χ3n) is 4.05. The fraction of sp³-hybridized carbons (Fsp3) is 0.353. The molecule has 1 atom stereocenters. The molecule has 3 rings (SSSR count). The molecular weight excluding hydrogens is 329 g/mol. The number of halogens is 1. The fourth-order valence-corrected chi connectivity index (χ4v) is 3.46. The van der Waals surface area contributed by atoms with Gasteiger partial charge in [-0.1, -0.05) is 0 Å². The van der Waals surface area contributed by atoms with Crippen LogP contribution >= 0.6 is 11.3 Å². The fourth-order valence-electron chi connectivity index (χ4n) is 2.86. The molecule has 0 spiro atoms. The zero-order valence-corrected chi connectivity index (χ0v) is 14.3. The first-order valence-electron chi connectivity index (χ1n) is 7.66. The molecule has 1 aromatic carbocycles. The molecule has 0 saturated carbocycles. The Morgan fingerprint density at radius 1 is 1.42 bits per heavy atom. The molecule has 126 valence electrons. The van der Waals surface area contributed by atoms with Crippen molar-refractivity contribution in [2.24, 2.45) is 5.92 Å². The monoisotopic (exact) mass is 347 g/mol. The number of nitrogens with zero attached hydrogens (tertiary/aromatic N) is 3. The number of thiazole rings is 1. The lowest BCUT2D eigenvalue weighted by Crippen LogP contribution is -2.34. The summed E-state index contributed by atoms with van der Waals surface area (Å²) in [5, 5.41) is 2.90. The minimum absolute atomic E-state index is 0.0707. The van der Waals surface area contributed by atoms with Crippen LogP contribution in [0.3, 0.4) is 0 Å². The van der Waals surface area contributed by atoms with E-state index in [1.807, 2.05) is 12.3 Å². The van der Waals surface area contributed by atoms with Crippen LogP contribution in [-0.4, -0.2) is 35.3 Å². The Kier molecular flexibility index (Phi) is 4.62. The van der Waals surface area contributed by atoms with Crippen molar-refractivity contribution >= 4 is 28.8 Å². The standard InChI is InChI=1S/C17H18FN3O2S/c1-11-19-14(10-24-11)9-20(2)17(23)12-7-16(22)21(8-12)15-5-3-13(18)4-6-15/h3-6,10,12H,7-9H2,1-2H3/t12-/m0/s1. The predicted molar refractivity (Wildman–Crippen MR) is 90.2 cm³/mol. The van der Waals surface area contributed by atoms with Gasteiger partial charge in [-0.05, 0) is 31.2 Å². The minimum atomic E-state index is -0.382. The highest BCUT2D eigenvalue weighted by Gasteiger charge is 2.36. The molecule has 1 aromatic heterocycles. The van der Waals surface area contributed by atoms with Gasteiger partial charge in [0.25, 0.3) is 0 Å². The summed E-state index contributed by atoms with van der Waals surface area (Å²) < 4.78 is 13.0. The van der Waals surface area contributed by atoms with Gasteiger partial charge >= 0.3 is 0 Å². The number of rotatable bonds is 4. The molecule has 0 unspecified atom stereocenters. The Morgan fingerprint density at radius 2 is 2.12 bits per heavy atom. The maximum Gasteiger partial charge on any atom is 0.228 e. The molecule has 24 heavy (non-hydrogen) atoms. The molecule has 0 bridgehead atoms. The van der Waals surface area contributed by atoms with Gasteiger partial charge in [0.05, 0.1) is 23.2 Å². The van der Waals surface area contributed by atoms with Crippen LogP contribution in [0.4, 0.5) is 10.1 Å². The predicted octanol–water partition coefficient (Wildman–Crippen LogP) is 2.60. The number of anilines is 1. The van der Waals surface area contributed by atoms with Crippen molar-refractivity contribution in [1.29, 1.82) is 0 Å². The van der Waals surface area contributed by atoms with Crippen LogP contribution in [0.1, 0.15) is 17.1 Å². The molecule has 0 aliphatic carbocycles. The zero-order chi connectivity index (χ0) is 17.3. The smallest absolute Gasteiger partial charge is 0.228 e. The Balaban J connectivity index is 1.66. The summed E-state index contributed by atoms with van der Waals surface area (Å²) in [5.74, 6) is -0.917. The highest BCUT2D eigenvalue weighted by molar-refractivity contribution is 7.09. The SMILES string of the molecule is Cc1nc(CN(C)C(=O)[C@H]2CC(=O)N(c3ccc(F)cc3)C2)cs1. The molecule has 0 N–H and O–H groups in total. The molecule has 2 heterocycles. The Bertz CT molecular complexity index is 759. The molecule has 2 aromatic rings. The summed E-state index contributed by atoms with van der Waals surface area (Å²) in [6.07, 6.45) is 0.177. The zero-order valence-electron chi connectivity index (χ0n) is 13.5. The highest BCUT2D eigenvalue weighted by Crippen LogP contribution is 2.26. The molecule has 0 radical (unpaired) electrons. The van der Waals surface area contributed by atoms with E-state index in [-0.39, 0.29) is 30.0 Å². The quantitative estimate of drug-likeness (QED) is 0.854. The van der Waals surface area contributed by atoms with Crippen molar-refractivity contribution in [2.75, 3.05) is 18.5 Å². The Labute approximate surface area is 143 Å². The van der Waals surface area contributed by atoms with Crippen molar-refractivity contribution in [3.05, 3.63) is 46.2 Å². The van der Waals surface area contributed by atoms with Crippen LogP contribution in [0.15, 0.2) is 29.6 Å². The third-order valence-corrected chi connectivity index (χ3v) is 4.88. The number of benzene rings is 1. The van der Waals surface area contributed by atoms with Gasteiger partial charge in [0.15, 0.2) is 0 Å². The summed E-state index contributed by atoms with van der Waals surface area (Å²) in [7, 11) is 1.72. The van der Waals surface area contributed by atoms with E-state index >= 15 is 0 Å². The van der Waals surface area contributed by atoms with Crippen molar-refractivity contribution in [1.82, 2.24) is 9.88 Å². The van der Waals surface area contributed by atoms with Crippen LogP contribution in [-0.2, 0) is 16.1 Å². The number of hydrogen-bond acceptors (Lipinski definition) is 4. The van der Waals surface area contributed by atoms with Gasteiger partial charge in [-0.25, -0.2) is 9.37 Å². The lowest BCUT2D eigenvalue weighted by molar-refractivity contribution is -0.135. The second-order valence-electron chi connectivity index (χ2n) is 5.93. The minimum Gasteiger partial charge on any atom is -0.340 e. The second kappa shape index (κ2) is 6.68. The van der Waals surface area contributed by atoms with E-state index < -0.39 is 0 Å². The van der Waals surface area contributed by atoms with E-state index in [0.717, 1.165) is 10.7 Å². The average Bonchev–Trinajstić information content (AvgIpc) is 3.13. The molecule has 1 aliphatic rings. The molecule has 7 heteroatoms. The number of carbonyl (C=O) groups is 2. The summed E-state index contributed by atoms with van der Waals surface area (Å²) in [6, 6.07) is 5.74. The Hall–Kier alpha value is -2.28. The first kappa shape index (κ1) is 16.6. The van der Waals surface area contributed by atoms with Gasteiger partial charge in [0, 0.05) is 31.1 Å². The summed E-state index contributed by atoms with van der Waals surface area (Å²) in [6.45, 7) is 2.68. The van der Waals surface area contributed by atoms with Crippen LogP contribution in [0.2, 0.25) is 0 Å². The lowest BCUT2D eigenvalue weighted by Gasteiger charge is -2.21. The Morgan fingerprint density at radius 3 is 2.75 bits per heavy atom. The van der Waals surface area contributed by atoms with Crippen LogP contribution in [0.25, 0.3) is 0 Å². The maximum absolute atomic E-state index is 13.0. The summed E-state index contributed by atoms with van der Waals surface area (Å²) in [5.41, 5.74) is 1.47. The van der Waals surface area contributed by atoms with Gasteiger partial charge in [-0.3, -0.25) is 9.59 Å². The highest BCUT2D eigenvalue weighted by atomic mass is 32.1. The lowest BCUT2D eigenvalue weighted by atomic mass is 10.1. The van der Waals surface area contributed by atoms with Gasteiger partial charge in [-0.2, -0.15) is 0 Å². The number of carbonyl (C=O) groups excluding carboxylic acids is 2. The molecule has 1 saturated heterocycles. The van der Waals surface area contributed by atoms with E-state index in [0.29, 0.717) is 18.8 Å². The summed E-state index contributed by atoms with van der Waals surface area (Å²) in [4.78, 5) is 32.3. The number of amides is 2. The van der Waals surface area contributed by atoms with Gasteiger partial charge in [0.1, 0.15) is 5.82 Å². The topological polar surface area (TPSA) is 53.5 Å². The number of aromatic nitrogens is 1. The van der Waals surface area contributed by atoms with Crippen molar-refractivity contribution in [3.8, 4) is 0 Å². The molecule has 5 nitrogen and oxygen atoms in total. The van der Waals surface area contributed by atoms with Gasteiger partial charge in [0.2, 0.25) is 11.8 Å². The molecule has 1 fully saturated rings. The molecular formula is C17H18FN3O2S. The normalized spacial score (nSPS) is 17.4. The maximum atomic E-state index is 13.0. The average molecular weight is 347 g/mol. The van der Waals surface area contributed by atoms with Crippen molar-refractivity contribution < 1.29 is 14.0 Å².